The topological polar surface area (TPSA) is 17.8 Å². The van der Waals surface area contributed by atoms with Crippen molar-refractivity contribution in [2.24, 2.45) is 7.05 Å². The lowest BCUT2D eigenvalue weighted by Crippen LogP contribution is -2.09. The van der Waals surface area contributed by atoms with Gasteiger partial charge in [-0.15, -0.1) is 0 Å². The molecule has 0 N–H and O–H groups in total. The molecule has 0 spiro atoms. The van der Waals surface area contributed by atoms with Crippen molar-refractivity contribution >= 4 is 15.9 Å². The second kappa shape index (κ2) is 5.99. The lowest BCUT2D eigenvalue weighted by Gasteiger charge is -2.22. The molecule has 2 aliphatic rings. The van der Waals surface area contributed by atoms with Crippen LogP contribution in [0.15, 0.2) is 4.47 Å². The number of hydrogen-bond acceptors (Lipinski definition) is 1. The molecule has 2 saturated carbocycles. The molecule has 3 rings (SSSR count). The highest BCUT2D eigenvalue weighted by atomic mass is 79.9. The van der Waals surface area contributed by atoms with Crippen molar-refractivity contribution in [1.29, 1.82) is 0 Å². The molecule has 0 saturated heterocycles. The molecular formula is C16H25BrN2. The summed E-state index contributed by atoms with van der Waals surface area (Å²) < 4.78 is 3.51. The van der Waals surface area contributed by atoms with Gasteiger partial charge >= 0.3 is 0 Å². The number of hydrogen-bond donors (Lipinski definition) is 0. The van der Waals surface area contributed by atoms with Crippen molar-refractivity contribution in [2.75, 3.05) is 0 Å². The number of aryl methyl sites for hydroxylation is 1. The third kappa shape index (κ3) is 2.76. The van der Waals surface area contributed by atoms with Gasteiger partial charge in [0, 0.05) is 18.9 Å². The third-order valence-corrected chi connectivity index (χ3v) is 5.85. The molecule has 1 aromatic rings. The third-order valence-electron chi connectivity index (χ3n) is 5.04. The quantitative estimate of drug-likeness (QED) is 0.723. The maximum Gasteiger partial charge on any atom is 0.0800 e. The van der Waals surface area contributed by atoms with Gasteiger partial charge in [-0.2, -0.15) is 5.10 Å². The maximum absolute atomic E-state index is 4.88. The summed E-state index contributed by atoms with van der Waals surface area (Å²) in [6, 6.07) is 0. The number of halogens is 1. The van der Waals surface area contributed by atoms with Gasteiger partial charge in [0.1, 0.15) is 0 Å². The average Bonchev–Trinajstić information content (AvgIpc) is 2.76. The SMILES string of the molecule is Cn1nc(C2CCCCC2)c(Br)c1C1CCCCC1. The molecule has 0 radical (unpaired) electrons. The summed E-state index contributed by atoms with van der Waals surface area (Å²) in [5, 5.41) is 4.88. The average molecular weight is 325 g/mol. The molecule has 1 heterocycles. The lowest BCUT2D eigenvalue weighted by molar-refractivity contribution is 0.422. The predicted molar refractivity (Wildman–Crippen MR) is 82.6 cm³/mol. The zero-order chi connectivity index (χ0) is 13.2. The molecule has 0 bridgehead atoms. The zero-order valence-corrected chi connectivity index (χ0v) is 13.6. The van der Waals surface area contributed by atoms with Gasteiger partial charge in [0.25, 0.3) is 0 Å². The minimum Gasteiger partial charge on any atom is -0.271 e. The van der Waals surface area contributed by atoms with Crippen molar-refractivity contribution in [2.45, 2.75) is 76.0 Å². The summed E-state index contributed by atoms with van der Waals surface area (Å²) >= 11 is 3.89. The van der Waals surface area contributed by atoms with E-state index < -0.39 is 0 Å². The van der Waals surface area contributed by atoms with Crippen molar-refractivity contribution in [3.05, 3.63) is 15.9 Å². The Balaban J connectivity index is 1.86. The molecule has 2 nitrogen and oxygen atoms in total. The fraction of sp³-hybridized carbons (Fsp3) is 0.812. The first kappa shape index (κ1) is 13.7. The summed E-state index contributed by atoms with van der Waals surface area (Å²) in [5.41, 5.74) is 2.82. The van der Waals surface area contributed by atoms with Crippen LogP contribution in [0.5, 0.6) is 0 Å². The summed E-state index contributed by atoms with van der Waals surface area (Å²) in [7, 11) is 2.14. The Morgan fingerprint density at radius 2 is 1.42 bits per heavy atom. The van der Waals surface area contributed by atoms with Gasteiger partial charge in [-0.3, -0.25) is 4.68 Å². The van der Waals surface area contributed by atoms with Gasteiger partial charge < -0.3 is 0 Å². The second-order valence-corrected chi connectivity index (χ2v) is 7.17. The van der Waals surface area contributed by atoms with Gasteiger partial charge in [-0.05, 0) is 41.6 Å². The molecule has 106 valence electrons. The van der Waals surface area contributed by atoms with Crippen molar-refractivity contribution in [3.63, 3.8) is 0 Å². The van der Waals surface area contributed by atoms with Gasteiger partial charge in [0.05, 0.1) is 15.9 Å². The largest absolute Gasteiger partial charge is 0.271 e. The Labute approximate surface area is 125 Å². The fourth-order valence-corrected chi connectivity index (χ4v) is 4.97. The first-order valence-corrected chi connectivity index (χ1v) is 8.79. The molecule has 0 atom stereocenters. The number of aromatic nitrogens is 2. The first-order valence-electron chi connectivity index (χ1n) is 7.99. The lowest BCUT2D eigenvalue weighted by atomic mass is 9.84. The van der Waals surface area contributed by atoms with E-state index in [-0.39, 0.29) is 0 Å². The van der Waals surface area contributed by atoms with Crippen molar-refractivity contribution in [3.8, 4) is 0 Å². The summed E-state index contributed by atoms with van der Waals surface area (Å²) in [4.78, 5) is 0. The highest BCUT2D eigenvalue weighted by Crippen LogP contribution is 2.42. The molecule has 1 aromatic heterocycles. The Kier molecular flexibility index (Phi) is 4.30. The van der Waals surface area contributed by atoms with Crippen LogP contribution in [0.25, 0.3) is 0 Å². The normalized spacial score (nSPS) is 22.8. The van der Waals surface area contributed by atoms with E-state index in [0.29, 0.717) is 5.92 Å². The van der Waals surface area contributed by atoms with E-state index in [1.165, 1.54) is 80.1 Å². The first-order chi connectivity index (χ1) is 9.27. The number of nitrogens with zero attached hydrogens (tertiary/aromatic N) is 2. The second-order valence-electron chi connectivity index (χ2n) is 6.38. The van der Waals surface area contributed by atoms with Gasteiger partial charge in [0.15, 0.2) is 0 Å². The van der Waals surface area contributed by atoms with E-state index in [4.69, 9.17) is 5.10 Å². The van der Waals surface area contributed by atoms with Gasteiger partial charge in [0.2, 0.25) is 0 Å². The van der Waals surface area contributed by atoms with Crippen LogP contribution in [0.2, 0.25) is 0 Å². The molecule has 0 aliphatic heterocycles. The van der Waals surface area contributed by atoms with E-state index in [2.05, 4.69) is 27.7 Å². The molecule has 0 amide bonds. The van der Waals surface area contributed by atoms with Crippen LogP contribution in [-0.2, 0) is 7.05 Å². The Bertz CT molecular complexity index is 426. The van der Waals surface area contributed by atoms with E-state index in [1.54, 1.807) is 0 Å². The fourth-order valence-electron chi connectivity index (χ4n) is 3.99. The van der Waals surface area contributed by atoms with E-state index >= 15 is 0 Å². The van der Waals surface area contributed by atoms with Crippen LogP contribution in [0.1, 0.15) is 87.4 Å². The molecule has 3 heteroatoms. The molecule has 19 heavy (non-hydrogen) atoms. The van der Waals surface area contributed by atoms with Crippen LogP contribution < -0.4 is 0 Å². The predicted octanol–water partition coefficient (Wildman–Crippen LogP) is 5.28. The minimum atomic E-state index is 0.701. The summed E-state index contributed by atoms with van der Waals surface area (Å²) in [6.07, 6.45) is 13.7. The molecule has 0 unspecified atom stereocenters. The summed E-state index contributed by atoms with van der Waals surface area (Å²) in [6.45, 7) is 0. The van der Waals surface area contributed by atoms with Gasteiger partial charge in [-0.25, -0.2) is 0 Å². The van der Waals surface area contributed by atoms with E-state index in [0.717, 1.165) is 5.92 Å². The molecule has 0 aromatic carbocycles. The monoisotopic (exact) mass is 324 g/mol. The van der Waals surface area contributed by atoms with Crippen LogP contribution in [0.4, 0.5) is 0 Å². The van der Waals surface area contributed by atoms with Crippen molar-refractivity contribution in [1.82, 2.24) is 9.78 Å². The Hall–Kier alpha value is -0.310. The van der Waals surface area contributed by atoms with Crippen LogP contribution in [0, 0.1) is 0 Å². The van der Waals surface area contributed by atoms with E-state index in [1.807, 2.05) is 0 Å². The minimum absolute atomic E-state index is 0.701. The highest BCUT2D eigenvalue weighted by molar-refractivity contribution is 9.10. The highest BCUT2D eigenvalue weighted by Gasteiger charge is 2.28. The smallest absolute Gasteiger partial charge is 0.0800 e. The molecule has 2 fully saturated rings. The standard InChI is InChI=1S/C16H25BrN2/c1-19-16(13-10-6-3-7-11-13)14(17)15(18-19)12-8-4-2-5-9-12/h12-13H,2-11H2,1H3. The Morgan fingerprint density at radius 1 is 0.895 bits per heavy atom. The molecular weight excluding hydrogens is 300 g/mol. The van der Waals surface area contributed by atoms with Gasteiger partial charge in [-0.1, -0.05) is 38.5 Å². The summed E-state index contributed by atoms with van der Waals surface area (Å²) in [5.74, 6) is 1.43. The van der Waals surface area contributed by atoms with Crippen LogP contribution in [-0.4, -0.2) is 9.78 Å². The van der Waals surface area contributed by atoms with Crippen LogP contribution >= 0.6 is 15.9 Å². The maximum atomic E-state index is 4.88. The zero-order valence-electron chi connectivity index (χ0n) is 12.0. The molecule has 2 aliphatic carbocycles. The number of rotatable bonds is 2. The van der Waals surface area contributed by atoms with Crippen molar-refractivity contribution < 1.29 is 0 Å². The van der Waals surface area contributed by atoms with Crippen LogP contribution in [0.3, 0.4) is 0 Å². The Morgan fingerprint density at radius 3 is 2.00 bits per heavy atom. The van der Waals surface area contributed by atoms with E-state index in [9.17, 15) is 0 Å².